The Kier molecular flexibility index (Phi) is 9.09. The molecule has 1 fully saturated rings. The van der Waals surface area contributed by atoms with Gasteiger partial charge in [0.05, 0.1) is 20.3 Å². The van der Waals surface area contributed by atoms with Crippen LogP contribution in [0.3, 0.4) is 0 Å². The fraction of sp³-hybridized carbons (Fsp3) is 0.450. The molecule has 0 unspecified atom stereocenters. The van der Waals surface area contributed by atoms with Crippen LogP contribution in [-0.2, 0) is 11.3 Å². The summed E-state index contributed by atoms with van der Waals surface area (Å²) in [6.45, 7) is 6.30. The van der Waals surface area contributed by atoms with Gasteiger partial charge in [-0.05, 0) is 34.5 Å². The molecule has 27 heavy (non-hydrogen) atoms. The maximum Gasteiger partial charge on any atom is 0.191 e. The van der Waals surface area contributed by atoms with Gasteiger partial charge >= 0.3 is 0 Å². The highest BCUT2D eigenvalue weighted by molar-refractivity contribution is 14.0. The van der Waals surface area contributed by atoms with Crippen LogP contribution in [0, 0.1) is 0 Å². The number of fused-ring (bicyclic) bond motifs is 1. The number of guanidine groups is 1. The van der Waals surface area contributed by atoms with Crippen molar-refractivity contribution < 1.29 is 9.47 Å². The SMILES string of the molecule is CN=C(NCCN1CCOCC1)NCc1ccc2cc(OC)ccc2c1.I. The normalized spacial score (nSPS) is 15.3. The van der Waals surface area contributed by atoms with Crippen LogP contribution in [-0.4, -0.2) is 64.4 Å². The summed E-state index contributed by atoms with van der Waals surface area (Å²) in [7, 11) is 3.49. The first-order valence-corrected chi connectivity index (χ1v) is 9.10. The first kappa shape index (κ1) is 21.7. The van der Waals surface area contributed by atoms with Crippen molar-refractivity contribution in [1.82, 2.24) is 15.5 Å². The zero-order valence-corrected chi connectivity index (χ0v) is 18.4. The van der Waals surface area contributed by atoms with Crippen LogP contribution in [0.1, 0.15) is 5.56 Å². The number of nitrogens with zero attached hydrogens (tertiary/aromatic N) is 2. The van der Waals surface area contributed by atoms with Gasteiger partial charge in [-0.15, -0.1) is 24.0 Å². The first-order valence-electron chi connectivity index (χ1n) is 9.10. The molecule has 0 aliphatic carbocycles. The van der Waals surface area contributed by atoms with Crippen LogP contribution < -0.4 is 15.4 Å². The predicted molar refractivity (Wildman–Crippen MR) is 121 cm³/mol. The Bertz CT molecular complexity index is 748. The second-order valence-corrected chi connectivity index (χ2v) is 6.35. The fourth-order valence-electron chi connectivity index (χ4n) is 3.07. The van der Waals surface area contributed by atoms with Crippen molar-refractivity contribution in [3.05, 3.63) is 42.0 Å². The molecule has 1 aliphatic heterocycles. The van der Waals surface area contributed by atoms with E-state index >= 15 is 0 Å². The summed E-state index contributed by atoms with van der Waals surface area (Å²) in [5.74, 6) is 1.71. The quantitative estimate of drug-likeness (QED) is 0.375. The van der Waals surface area contributed by atoms with Gasteiger partial charge in [0.25, 0.3) is 0 Å². The van der Waals surface area contributed by atoms with E-state index in [-0.39, 0.29) is 24.0 Å². The molecule has 0 atom stereocenters. The number of rotatable bonds is 6. The molecule has 0 saturated carbocycles. The highest BCUT2D eigenvalue weighted by Crippen LogP contribution is 2.21. The Morgan fingerprint density at radius 2 is 1.85 bits per heavy atom. The molecule has 0 radical (unpaired) electrons. The minimum atomic E-state index is 0. The molecule has 7 heteroatoms. The van der Waals surface area contributed by atoms with Gasteiger partial charge in [-0.2, -0.15) is 0 Å². The predicted octanol–water partition coefficient (Wildman–Crippen LogP) is 2.46. The number of nitrogens with one attached hydrogen (secondary N) is 2. The van der Waals surface area contributed by atoms with Crippen LogP contribution in [0.15, 0.2) is 41.4 Å². The van der Waals surface area contributed by atoms with Crippen molar-refractivity contribution in [2.75, 3.05) is 53.6 Å². The number of aliphatic imine (C=N–C) groups is 1. The lowest BCUT2D eigenvalue weighted by Gasteiger charge is -2.26. The summed E-state index contributed by atoms with van der Waals surface area (Å²) in [4.78, 5) is 6.71. The van der Waals surface area contributed by atoms with E-state index in [1.807, 2.05) is 6.07 Å². The summed E-state index contributed by atoms with van der Waals surface area (Å²) in [6, 6.07) is 12.6. The van der Waals surface area contributed by atoms with Crippen molar-refractivity contribution in [2.45, 2.75) is 6.54 Å². The van der Waals surface area contributed by atoms with Crippen molar-refractivity contribution in [1.29, 1.82) is 0 Å². The van der Waals surface area contributed by atoms with Crippen molar-refractivity contribution >= 4 is 40.7 Å². The molecule has 1 heterocycles. The Balaban J connectivity index is 0.00000261. The van der Waals surface area contributed by atoms with E-state index in [1.54, 1.807) is 14.2 Å². The fourth-order valence-corrected chi connectivity index (χ4v) is 3.07. The molecule has 1 saturated heterocycles. The number of methoxy groups -OCH3 is 1. The average Bonchev–Trinajstić information content (AvgIpc) is 2.70. The third-order valence-corrected chi connectivity index (χ3v) is 4.62. The zero-order chi connectivity index (χ0) is 18.2. The summed E-state index contributed by atoms with van der Waals surface area (Å²) in [5.41, 5.74) is 1.22. The van der Waals surface area contributed by atoms with Gasteiger partial charge in [0.1, 0.15) is 5.75 Å². The molecule has 2 N–H and O–H groups in total. The van der Waals surface area contributed by atoms with Crippen LogP contribution in [0.25, 0.3) is 10.8 Å². The smallest absolute Gasteiger partial charge is 0.191 e. The van der Waals surface area contributed by atoms with Crippen molar-refractivity contribution in [3.8, 4) is 5.75 Å². The van der Waals surface area contributed by atoms with E-state index in [0.29, 0.717) is 0 Å². The zero-order valence-electron chi connectivity index (χ0n) is 16.0. The molecule has 0 bridgehead atoms. The molecular weight excluding hydrogens is 455 g/mol. The highest BCUT2D eigenvalue weighted by Gasteiger charge is 2.09. The van der Waals surface area contributed by atoms with E-state index in [4.69, 9.17) is 9.47 Å². The van der Waals surface area contributed by atoms with E-state index in [0.717, 1.165) is 57.6 Å². The van der Waals surface area contributed by atoms with Crippen LogP contribution in [0.2, 0.25) is 0 Å². The number of hydrogen-bond donors (Lipinski definition) is 2. The van der Waals surface area contributed by atoms with E-state index in [9.17, 15) is 0 Å². The van der Waals surface area contributed by atoms with Gasteiger partial charge in [0, 0.05) is 39.8 Å². The summed E-state index contributed by atoms with van der Waals surface area (Å²) >= 11 is 0. The molecule has 1 aliphatic rings. The molecule has 6 nitrogen and oxygen atoms in total. The Labute approximate surface area is 178 Å². The lowest BCUT2D eigenvalue weighted by molar-refractivity contribution is 0.0389. The van der Waals surface area contributed by atoms with Gasteiger partial charge in [0.15, 0.2) is 5.96 Å². The first-order chi connectivity index (χ1) is 12.8. The van der Waals surface area contributed by atoms with Crippen molar-refractivity contribution in [3.63, 3.8) is 0 Å². The molecule has 0 amide bonds. The van der Waals surface area contributed by atoms with Gasteiger partial charge in [-0.3, -0.25) is 9.89 Å². The number of morpholine rings is 1. The Morgan fingerprint density at radius 1 is 1.11 bits per heavy atom. The van der Waals surface area contributed by atoms with Gasteiger partial charge in [-0.25, -0.2) is 0 Å². The van der Waals surface area contributed by atoms with E-state index < -0.39 is 0 Å². The molecule has 0 aromatic heterocycles. The van der Waals surface area contributed by atoms with Crippen molar-refractivity contribution in [2.24, 2.45) is 4.99 Å². The maximum atomic E-state index is 5.37. The van der Waals surface area contributed by atoms with Crippen LogP contribution in [0.5, 0.6) is 5.75 Å². The lowest BCUT2D eigenvalue weighted by Crippen LogP contribution is -2.44. The molecule has 2 aromatic rings. The van der Waals surface area contributed by atoms with E-state index in [2.05, 4.69) is 50.9 Å². The van der Waals surface area contributed by atoms with Crippen LogP contribution in [0.4, 0.5) is 0 Å². The van der Waals surface area contributed by atoms with Gasteiger partial charge in [-0.1, -0.05) is 18.2 Å². The monoisotopic (exact) mass is 484 g/mol. The van der Waals surface area contributed by atoms with Gasteiger partial charge in [0.2, 0.25) is 0 Å². The molecule has 148 valence electrons. The number of benzene rings is 2. The Morgan fingerprint density at radius 3 is 2.59 bits per heavy atom. The largest absolute Gasteiger partial charge is 0.497 e. The minimum absolute atomic E-state index is 0. The molecule has 2 aromatic carbocycles. The third-order valence-electron chi connectivity index (χ3n) is 4.62. The third kappa shape index (κ3) is 6.51. The Hall–Kier alpha value is -1.58. The van der Waals surface area contributed by atoms with Gasteiger partial charge < -0.3 is 20.1 Å². The topological polar surface area (TPSA) is 58.1 Å². The van der Waals surface area contributed by atoms with Crippen LogP contribution >= 0.6 is 24.0 Å². The number of halogens is 1. The summed E-state index contributed by atoms with van der Waals surface area (Å²) < 4.78 is 10.7. The molecule has 0 spiro atoms. The van der Waals surface area contributed by atoms with E-state index in [1.165, 1.54) is 16.3 Å². The second kappa shape index (κ2) is 11.3. The number of hydrogen-bond acceptors (Lipinski definition) is 4. The summed E-state index contributed by atoms with van der Waals surface area (Å²) in [5, 5.41) is 9.15. The standard InChI is InChI=1S/C20H28N4O2.HI/c1-21-20(22-7-8-24-9-11-26-12-10-24)23-15-16-3-4-18-14-19(25-2)6-5-17(18)13-16;/h3-6,13-14H,7-12,15H2,1-2H3,(H2,21,22,23);1H. The average molecular weight is 484 g/mol. The molecular formula is C20H29IN4O2. The maximum absolute atomic E-state index is 5.37. The second-order valence-electron chi connectivity index (χ2n) is 6.35. The summed E-state index contributed by atoms with van der Waals surface area (Å²) in [6.07, 6.45) is 0. The minimum Gasteiger partial charge on any atom is -0.497 e. The lowest BCUT2D eigenvalue weighted by atomic mass is 10.1. The molecule has 3 rings (SSSR count). The highest BCUT2D eigenvalue weighted by atomic mass is 127. The number of ether oxygens (including phenoxy) is 2.